The summed E-state index contributed by atoms with van der Waals surface area (Å²) in [6.07, 6.45) is 5.29. The van der Waals surface area contributed by atoms with Crippen molar-refractivity contribution in [3.05, 3.63) is 41.9 Å². The Morgan fingerprint density at radius 1 is 1.44 bits per heavy atom. The van der Waals surface area contributed by atoms with Gasteiger partial charge in [-0.25, -0.2) is 14.4 Å². The van der Waals surface area contributed by atoms with Crippen molar-refractivity contribution >= 4 is 0 Å². The van der Waals surface area contributed by atoms with Crippen LogP contribution in [0.25, 0.3) is 5.82 Å². The number of hydrogen-bond acceptors (Lipinski definition) is 3. The molecule has 0 saturated carbocycles. The molecule has 0 bridgehead atoms. The molecular formula is C11H12FN3O. The first-order valence-electron chi connectivity index (χ1n) is 5.04. The van der Waals surface area contributed by atoms with E-state index in [9.17, 15) is 4.39 Å². The summed E-state index contributed by atoms with van der Waals surface area (Å²) in [6.45, 7) is 1.72. The minimum absolute atomic E-state index is 0.249. The number of aryl methyl sites for hydroxylation is 1. The van der Waals surface area contributed by atoms with E-state index in [4.69, 9.17) is 5.11 Å². The van der Waals surface area contributed by atoms with E-state index < -0.39 is 5.82 Å². The number of aliphatic hydroxyl groups is 1. The summed E-state index contributed by atoms with van der Waals surface area (Å²) in [5.41, 5.74) is 0.452. The van der Waals surface area contributed by atoms with Crippen LogP contribution in [0.15, 0.2) is 24.7 Å². The highest BCUT2D eigenvalue weighted by Crippen LogP contribution is 2.15. The monoisotopic (exact) mass is 221 g/mol. The third-order valence-corrected chi connectivity index (χ3v) is 2.34. The molecule has 0 atom stereocenters. The van der Waals surface area contributed by atoms with E-state index in [0.29, 0.717) is 11.4 Å². The van der Waals surface area contributed by atoms with Gasteiger partial charge in [0.2, 0.25) is 0 Å². The molecule has 2 heterocycles. The van der Waals surface area contributed by atoms with Crippen LogP contribution in [0.5, 0.6) is 0 Å². The first-order chi connectivity index (χ1) is 7.76. The average molecular weight is 221 g/mol. The van der Waals surface area contributed by atoms with Crippen LogP contribution in [0.3, 0.4) is 0 Å². The molecule has 0 aliphatic heterocycles. The Labute approximate surface area is 92.4 Å². The Hall–Kier alpha value is -1.75. The molecule has 0 radical (unpaired) electrons. The van der Waals surface area contributed by atoms with Crippen molar-refractivity contribution < 1.29 is 9.50 Å². The normalized spacial score (nSPS) is 10.7. The number of aliphatic hydroxyl groups excluding tert-OH is 1. The molecule has 0 aliphatic carbocycles. The van der Waals surface area contributed by atoms with Gasteiger partial charge in [-0.3, -0.25) is 4.57 Å². The van der Waals surface area contributed by atoms with Crippen LogP contribution in [-0.4, -0.2) is 19.6 Å². The highest BCUT2D eigenvalue weighted by molar-refractivity contribution is 5.34. The Bertz CT molecular complexity index is 496. The summed E-state index contributed by atoms with van der Waals surface area (Å²) >= 11 is 0. The molecule has 0 amide bonds. The number of nitrogens with zero attached hydrogens (tertiary/aromatic N) is 3. The lowest BCUT2D eigenvalue weighted by atomic mass is 10.2. The van der Waals surface area contributed by atoms with Crippen LogP contribution in [-0.2, 0) is 13.0 Å². The fraction of sp³-hybridized carbons (Fsp3) is 0.273. The first kappa shape index (κ1) is 10.8. The Morgan fingerprint density at radius 2 is 2.25 bits per heavy atom. The van der Waals surface area contributed by atoms with E-state index >= 15 is 0 Å². The lowest BCUT2D eigenvalue weighted by Gasteiger charge is -2.09. The van der Waals surface area contributed by atoms with Crippen molar-refractivity contribution in [2.45, 2.75) is 20.0 Å². The van der Waals surface area contributed by atoms with Crippen LogP contribution in [0, 0.1) is 5.82 Å². The molecule has 0 saturated heterocycles. The van der Waals surface area contributed by atoms with Crippen LogP contribution in [0.4, 0.5) is 4.39 Å². The van der Waals surface area contributed by atoms with Gasteiger partial charge in [-0.1, -0.05) is 6.92 Å². The predicted molar refractivity (Wildman–Crippen MR) is 56.6 cm³/mol. The number of aromatic nitrogens is 3. The van der Waals surface area contributed by atoms with Gasteiger partial charge in [-0.05, 0) is 6.07 Å². The molecule has 0 unspecified atom stereocenters. The van der Waals surface area contributed by atoms with Gasteiger partial charge in [0.1, 0.15) is 17.5 Å². The lowest BCUT2D eigenvalue weighted by Crippen LogP contribution is -2.06. The summed E-state index contributed by atoms with van der Waals surface area (Å²) in [5, 5.41) is 9.16. The van der Waals surface area contributed by atoms with Gasteiger partial charge in [0.05, 0.1) is 12.8 Å². The van der Waals surface area contributed by atoms with Gasteiger partial charge in [0.25, 0.3) is 0 Å². The molecule has 16 heavy (non-hydrogen) atoms. The molecule has 1 N–H and O–H groups in total. The number of halogens is 1. The predicted octanol–water partition coefficient (Wildman–Crippen LogP) is 1.46. The molecule has 2 aromatic rings. The van der Waals surface area contributed by atoms with Crippen molar-refractivity contribution in [3.63, 3.8) is 0 Å². The smallest absolute Gasteiger partial charge is 0.143 e. The highest BCUT2D eigenvalue weighted by atomic mass is 19.1. The maximum Gasteiger partial charge on any atom is 0.143 e. The van der Waals surface area contributed by atoms with Crippen molar-refractivity contribution in [2.75, 3.05) is 0 Å². The summed E-state index contributed by atoms with van der Waals surface area (Å²) < 4.78 is 14.7. The molecule has 0 fully saturated rings. The standard InChI is InChI=1S/C11H12FN3O/c1-2-10-13-3-4-15(10)11-8(7-16)5-9(12)6-14-11/h3-6,16H,2,7H2,1H3. The number of rotatable bonds is 3. The molecular weight excluding hydrogens is 209 g/mol. The van der Waals surface area contributed by atoms with Crippen LogP contribution in [0.1, 0.15) is 18.3 Å². The largest absolute Gasteiger partial charge is 0.392 e. The second-order valence-corrected chi connectivity index (χ2v) is 3.36. The molecule has 0 spiro atoms. The third kappa shape index (κ3) is 1.81. The molecule has 0 aliphatic rings. The van der Waals surface area contributed by atoms with Gasteiger partial charge >= 0.3 is 0 Å². The molecule has 5 heteroatoms. The van der Waals surface area contributed by atoms with Gasteiger partial charge < -0.3 is 5.11 Å². The molecule has 4 nitrogen and oxygen atoms in total. The minimum atomic E-state index is -0.453. The molecule has 2 aromatic heterocycles. The second-order valence-electron chi connectivity index (χ2n) is 3.36. The molecule has 0 aromatic carbocycles. The van der Waals surface area contributed by atoms with Crippen molar-refractivity contribution in [1.82, 2.24) is 14.5 Å². The zero-order valence-corrected chi connectivity index (χ0v) is 8.89. The Kier molecular flexibility index (Phi) is 2.96. The van der Waals surface area contributed by atoms with Crippen molar-refractivity contribution in [2.24, 2.45) is 0 Å². The SMILES string of the molecule is CCc1nccn1-c1ncc(F)cc1CO. The van der Waals surface area contributed by atoms with E-state index in [1.165, 1.54) is 6.07 Å². The van der Waals surface area contributed by atoms with Gasteiger partial charge in [-0.15, -0.1) is 0 Å². The second kappa shape index (κ2) is 4.40. The van der Waals surface area contributed by atoms with Gasteiger partial charge in [-0.2, -0.15) is 0 Å². The van der Waals surface area contributed by atoms with Crippen molar-refractivity contribution in [3.8, 4) is 5.82 Å². The van der Waals surface area contributed by atoms with Crippen LogP contribution in [0.2, 0.25) is 0 Å². The minimum Gasteiger partial charge on any atom is -0.392 e. The number of pyridine rings is 1. The fourth-order valence-electron chi connectivity index (χ4n) is 1.60. The van der Waals surface area contributed by atoms with E-state index in [1.807, 2.05) is 6.92 Å². The first-order valence-corrected chi connectivity index (χ1v) is 5.04. The van der Waals surface area contributed by atoms with Gasteiger partial charge in [0.15, 0.2) is 0 Å². The summed E-state index contributed by atoms with van der Waals surface area (Å²) in [6, 6.07) is 1.28. The third-order valence-electron chi connectivity index (χ3n) is 2.34. The highest BCUT2D eigenvalue weighted by Gasteiger charge is 2.10. The zero-order valence-electron chi connectivity index (χ0n) is 8.89. The van der Waals surface area contributed by atoms with Gasteiger partial charge in [0, 0.05) is 24.4 Å². The van der Waals surface area contributed by atoms with E-state index in [1.54, 1.807) is 17.0 Å². The summed E-state index contributed by atoms with van der Waals surface area (Å²) in [5.74, 6) is 0.901. The average Bonchev–Trinajstić information content (AvgIpc) is 2.76. The molecule has 2 rings (SSSR count). The summed E-state index contributed by atoms with van der Waals surface area (Å²) in [7, 11) is 0. The Morgan fingerprint density at radius 3 is 2.94 bits per heavy atom. The van der Waals surface area contributed by atoms with E-state index in [2.05, 4.69) is 9.97 Å². The topological polar surface area (TPSA) is 50.9 Å². The maximum atomic E-state index is 13.0. The van der Waals surface area contributed by atoms with E-state index in [-0.39, 0.29) is 6.61 Å². The lowest BCUT2D eigenvalue weighted by molar-refractivity contribution is 0.280. The summed E-state index contributed by atoms with van der Waals surface area (Å²) in [4.78, 5) is 8.14. The zero-order chi connectivity index (χ0) is 11.5. The fourth-order valence-corrected chi connectivity index (χ4v) is 1.60. The Balaban J connectivity index is 2.55. The maximum absolute atomic E-state index is 13.0. The quantitative estimate of drug-likeness (QED) is 0.853. The molecule has 84 valence electrons. The van der Waals surface area contributed by atoms with E-state index in [0.717, 1.165) is 18.4 Å². The number of hydrogen-bond donors (Lipinski definition) is 1. The van der Waals surface area contributed by atoms with Crippen molar-refractivity contribution in [1.29, 1.82) is 0 Å². The number of imidazole rings is 1. The van der Waals surface area contributed by atoms with Crippen LogP contribution >= 0.6 is 0 Å². The van der Waals surface area contributed by atoms with Crippen LogP contribution < -0.4 is 0 Å².